The van der Waals surface area contributed by atoms with E-state index in [-0.39, 0.29) is 23.7 Å². The van der Waals surface area contributed by atoms with E-state index in [0.717, 1.165) is 93.4 Å². The van der Waals surface area contributed by atoms with Crippen LogP contribution in [0.4, 0.5) is 5.95 Å². The van der Waals surface area contributed by atoms with Crippen molar-refractivity contribution in [3.8, 4) is 0 Å². The van der Waals surface area contributed by atoms with Crippen LogP contribution < -0.4 is 4.90 Å². The summed E-state index contributed by atoms with van der Waals surface area (Å²) >= 11 is 0. The van der Waals surface area contributed by atoms with E-state index in [1.54, 1.807) is 17.3 Å². The van der Waals surface area contributed by atoms with Crippen LogP contribution in [0.15, 0.2) is 18.5 Å². The fourth-order valence-electron chi connectivity index (χ4n) is 10.0. The van der Waals surface area contributed by atoms with Gasteiger partial charge in [0.05, 0.1) is 0 Å². The van der Waals surface area contributed by atoms with Crippen LogP contribution >= 0.6 is 0 Å². The fourth-order valence-corrected chi connectivity index (χ4v) is 10.0. The van der Waals surface area contributed by atoms with Crippen LogP contribution in [0.2, 0.25) is 0 Å². The second kappa shape index (κ2) is 6.77. The number of carbonyl (C=O) groups excluding carboxylic acids is 2. The van der Waals surface area contributed by atoms with Crippen molar-refractivity contribution in [2.45, 2.75) is 25.7 Å². The van der Waals surface area contributed by atoms with Crippen molar-refractivity contribution in [2.24, 2.45) is 59.2 Å². The van der Waals surface area contributed by atoms with E-state index in [9.17, 15) is 9.59 Å². The number of piperidine rings is 1. The van der Waals surface area contributed by atoms with Crippen LogP contribution in [0, 0.1) is 59.2 Å². The predicted molar refractivity (Wildman–Crippen MR) is 121 cm³/mol. The van der Waals surface area contributed by atoms with Gasteiger partial charge in [0.15, 0.2) is 0 Å². The summed E-state index contributed by atoms with van der Waals surface area (Å²) in [5, 5.41) is 0. The van der Waals surface area contributed by atoms with E-state index >= 15 is 0 Å². The third-order valence-electron chi connectivity index (χ3n) is 11.0. The van der Waals surface area contributed by atoms with Crippen molar-refractivity contribution in [1.29, 1.82) is 0 Å². The summed E-state index contributed by atoms with van der Waals surface area (Å²) in [6, 6.07) is 1.85. The van der Waals surface area contributed by atoms with Gasteiger partial charge in [0.2, 0.25) is 17.8 Å². The number of anilines is 1. The number of rotatable bonds is 6. The van der Waals surface area contributed by atoms with Crippen molar-refractivity contribution in [2.75, 3.05) is 44.2 Å². The van der Waals surface area contributed by atoms with Gasteiger partial charge in [-0.3, -0.25) is 19.4 Å². The van der Waals surface area contributed by atoms with Crippen LogP contribution in [-0.4, -0.2) is 70.9 Å². The number of hydrogen-bond donors (Lipinski definition) is 0. The second-order valence-corrected chi connectivity index (χ2v) is 11.9. The molecule has 1 aromatic rings. The number of unbranched alkanes of at least 4 members (excludes halogenated alkanes) is 1. The summed E-state index contributed by atoms with van der Waals surface area (Å²) in [5.41, 5.74) is 0. The summed E-state index contributed by atoms with van der Waals surface area (Å²) in [7, 11) is 0. The summed E-state index contributed by atoms with van der Waals surface area (Å²) in [6.45, 7) is 5.60. The summed E-state index contributed by atoms with van der Waals surface area (Å²) in [6.07, 6.45) is 7.87. The number of piperazine rings is 1. The Morgan fingerprint density at radius 2 is 1.30 bits per heavy atom. The zero-order valence-electron chi connectivity index (χ0n) is 19.1. The van der Waals surface area contributed by atoms with Gasteiger partial charge in [0.25, 0.3) is 0 Å². The zero-order chi connectivity index (χ0) is 21.8. The Bertz CT molecular complexity index is 952. The van der Waals surface area contributed by atoms with Gasteiger partial charge in [-0.05, 0) is 85.6 Å². The van der Waals surface area contributed by atoms with Gasteiger partial charge in [0, 0.05) is 57.0 Å². The molecule has 0 aromatic carbocycles. The minimum atomic E-state index is 0.170. The molecule has 7 nitrogen and oxygen atoms in total. The smallest absolute Gasteiger partial charge is 0.232 e. The molecule has 3 heterocycles. The molecule has 6 saturated carbocycles. The van der Waals surface area contributed by atoms with E-state index in [4.69, 9.17) is 0 Å². The van der Waals surface area contributed by atoms with Gasteiger partial charge in [-0.2, -0.15) is 0 Å². The molecule has 8 bridgehead atoms. The van der Waals surface area contributed by atoms with Crippen LogP contribution in [0.1, 0.15) is 25.7 Å². The van der Waals surface area contributed by atoms with Crippen molar-refractivity contribution >= 4 is 17.8 Å². The fraction of sp³-hybridized carbons (Fsp3) is 0.769. The third-order valence-corrected chi connectivity index (χ3v) is 11.0. The molecule has 1 aromatic heterocycles. The highest BCUT2D eigenvalue weighted by molar-refractivity contribution is 6.01. The molecule has 2 aliphatic heterocycles. The Labute approximate surface area is 194 Å². The van der Waals surface area contributed by atoms with Gasteiger partial charge in [-0.15, -0.1) is 0 Å². The molecule has 2 amide bonds. The lowest BCUT2D eigenvalue weighted by molar-refractivity contribution is -0.154. The first-order valence-electron chi connectivity index (χ1n) is 13.3. The summed E-state index contributed by atoms with van der Waals surface area (Å²) in [4.78, 5) is 42.0. The molecular formula is C26H33N5O2. The Balaban J connectivity index is 0.855. The lowest BCUT2D eigenvalue weighted by atomic mass is 9.76. The molecular weight excluding hydrogens is 414 g/mol. The van der Waals surface area contributed by atoms with Gasteiger partial charge >= 0.3 is 0 Å². The molecule has 33 heavy (non-hydrogen) atoms. The summed E-state index contributed by atoms with van der Waals surface area (Å²) < 4.78 is 0. The topological polar surface area (TPSA) is 69.6 Å². The molecule has 0 spiro atoms. The molecule has 174 valence electrons. The largest absolute Gasteiger partial charge is 0.338 e. The molecule has 7 heteroatoms. The molecule has 2 saturated heterocycles. The summed E-state index contributed by atoms with van der Waals surface area (Å²) in [5.74, 6) is 8.06. The quantitative estimate of drug-likeness (QED) is 0.489. The van der Waals surface area contributed by atoms with E-state index in [2.05, 4.69) is 19.8 Å². The lowest BCUT2D eigenvalue weighted by Crippen LogP contribution is -2.49. The van der Waals surface area contributed by atoms with E-state index in [1.165, 1.54) is 6.42 Å². The molecule has 8 fully saturated rings. The maximum absolute atomic E-state index is 13.4. The Kier molecular flexibility index (Phi) is 3.96. The molecule has 0 radical (unpaired) electrons. The van der Waals surface area contributed by atoms with Crippen molar-refractivity contribution in [1.82, 2.24) is 19.8 Å². The molecule has 9 rings (SSSR count). The standard InChI is InChI=1S/C26H33N5O2/c32-24-16-13-17(23-21-15-12-14-18(19(14)21)20(15)22(16)23)25(33)31(24)7-2-1-6-29-8-10-30(11-9-29)26-27-4-3-5-28-26/h3-5,14-23H,1-2,6-13H2. The lowest BCUT2D eigenvalue weighted by Gasteiger charge is -2.35. The minimum absolute atomic E-state index is 0.170. The Hall–Kier alpha value is -2.02. The Morgan fingerprint density at radius 3 is 1.91 bits per heavy atom. The van der Waals surface area contributed by atoms with Crippen LogP contribution in [-0.2, 0) is 9.59 Å². The number of fused-ring (bicyclic) bond motifs is 5. The van der Waals surface area contributed by atoms with Gasteiger partial charge in [0.1, 0.15) is 0 Å². The number of aromatic nitrogens is 2. The number of imide groups is 1. The number of amides is 2. The average Bonchev–Trinajstić information content (AvgIpc) is 3.30. The van der Waals surface area contributed by atoms with Gasteiger partial charge < -0.3 is 4.90 Å². The molecule has 8 aliphatic rings. The third kappa shape index (κ3) is 2.50. The van der Waals surface area contributed by atoms with Crippen molar-refractivity contribution in [3.05, 3.63) is 18.5 Å². The maximum Gasteiger partial charge on any atom is 0.232 e. The normalized spacial score (nSPS) is 46.4. The molecule has 6 aliphatic carbocycles. The number of nitrogens with zero attached hydrogens (tertiary/aromatic N) is 5. The van der Waals surface area contributed by atoms with E-state index in [0.29, 0.717) is 18.4 Å². The average molecular weight is 448 g/mol. The molecule has 0 N–H and O–H groups in total. The highest BCUT2D eigenvalue weighted by atomic mass is 16.2. The first-order chi connectivity index (χ1) is 16.2. The zero-order valence-corrected chi connectivity index (χ0v) is 19.1. The van der Waals surface area contributed by atoms with Crippen LogP contribution in [0.3, 0.4) is 0 Å². The van der Waals surface area contributed by atoms with Crippen LogP contribution in [0.25, 0.3) is 0 Å². The molecule has 8 atom stereocenters. The number of hydrogen-bond acceptors (Lipinski definition) is 6. The van der Waals surface area contributed by atoms with Crippen molar-refractivity contribution < 1.29 is 9.59 Å². The van der Waals surface area contributed by atoms with Gasteiger partial charge in [-0.25, -0.2) is 9.97 Å². The van der Waals surface area contributed by atoms with Crippen LogP contribution in [0.5, 0.6) is 0 Å². The predicted octanol–water partition coefficient (Wildman–Crippen LogP) is 1.76. The number of carbonyl (C=O) groups is 2. The minimum Gasteiger partial charge on any atom is -0.338 e. The first kappa shape index (κ1) is 19.3. The van der Waals surface area contributed by atoms with Crippen molar-refractivity contribution in [3.63, 3.8) is 0 Å². The SMILES string of the molecule is O=C1C2CC(C(=O)N1CCCCN1CCN(c3ncccn3)CC1)C1C2C2C3CC4C2C4C31. The number of likely N-dealkylation sites (tertiary alicyclic amines) is 1. The maximum atomic E-state index is 13.4. The molecule has 8 unspecified atom stereocenters. The Morgan fingerprint density at radius 1 is 0.727 bits per heavy atom. The van der Waals surface area contributed by atoms with E-state index in [1.807, 2.05) is 6.07 Å². The first-order valence-corrected chi connectivity index (χ1v) is 13.3. The van der Waals surface area contributed by atoms with E-state index < -0.39 is 0 Å². The monoisotopic (exact) mass is 447 g/mol. The second-order valence-electron chi connectivity index (χ2n) is 11.9. The highest BCUT2D eigenvalue weighted by Gasteiger charge is 2.83. The highest BCUT2D eigenvalue weighted by Crippen LogP contribution is 2.86. The van der Waals surface area contributed by atoms with Gasteiger partial charge in [-0.1, -0.05) is 0 Å².